The van der Waals surface area contributed by atoms with Crippen LogP contribution in [-0.4, -0.2) is 60.2 Å². The summed E-state index contributed by atoms with van der Waals surface area (Å²) in [6.45, 7) is 4.66. The quantitative estimate of drug-likeness (QED) is 0.540. The number of unbranched alkanes of at least 4 members (excludes halogenated alkanes) is 3. The highest BCUT2D eigenvalue weighted by atomic mass is 19.4. The van der Waals surface area contributed by atoms with Crippen LogP contribution in [0.15, 0.2) is 24.3 Å². The summed E-state index contributed by atoms with van der Waals surface area (Å²) in [7, 11) is 0. The van der Waals surface area contributed by atoms with Crippen molar-refractivity contribution in [1.29, 1.82) is 0 Å². The third-order valence-corrected chi connectivity index (χ3v) is 7.02. The Bertz CT molecular complexity index is 865. The molecule has 1 atom stereocenters. The van der Waals surface area contributed by atoms with Gasteiger partial charge < -0.3 is 15.1 Å². The summed E-state index contributed by atoms with van der Waals surface area (Å²) < 4.78 is 38.3. The van der Waals surface area contributed by atoms with Crippen molar-refractivity contribution in [1.82, 2.24) is 15.1 Å². The highest BCUT2D eigenvalue weighted by molar-refractivity contribution is 5.94. The van der Waals surface area contributed by atoms with E-state index in [0.717, 1.165) is 50.7 Å². The Hall–Kier alpha value is -2.58. The van der Waals surface area contributed by atoms with Crippen molar-refractivity contribution in [2.45, 2.75) is 64.5 Å². The lowest BCUT2D eigenvalue weighted by atomic mass is 9.91. The number of likely N-dealkylation sites (tertiary alicyclic amines) is 2. The second kappa shape index (κ2) is 12.4. The smallest absolute Gasteiger partial charge is 0.356 e. The number of benzene rings is 1. The molecule has 1 aromatic carbocycles. The third-order valence-electron chi connectivity index (χ3n) is 7.02. The molecule has 2 heterocycles. The number of alkyl halides is 3. The van der Waals surface area contributed by atoms with Gasteiger partial charge in [-0.25, -0.2) is 0 Å². The van der Waals surface area contributed by atoms with E-state index in [0.29, 0.717) is 45.6 Å². The lowest BCUT2D eigenvalue weighted by Crippen LogP contribution is -2.49. The summed E-state index contributed by atoms with van der Waals surface area (Å²) in [5.41, 5.74) is -0.578. The van der Waals surface area contributed by atoms with Crippen molar-refractivity contribution in [3.63, 3.8) is 0 Å². The van der Waals surface area contributed by atoms with Crippen molar-refractivity contribution < 1.29 is 27.6 Å². The summed E-state index contributed by atoms with van der Waals surface area (Å²) >= 11 is 0. The number of carbonyl (C=O) groups excluding carboxylic acids is 3. The van der Waals surface area contributed by atoms with E-state index in [1.165, 1.54) is 12.1 Å². The third kappa shape index (κ3) is 7.45. The molecule has 0 saturated carbocycles. The minimum absolute atomic E-state index is 0.0240. The molecule has 9 heteroatoms. The monoisotopic (exact) mass is 495 g/mol. The molecule has 0 aliphatic carbocycles. The van der Waals surface area contributed by atoms with Gasteiger partial charge in [0, 0.05) is 44.2 Å². The zero-order valence-corrected chi connectivity index (χ0v) is 20.4. The van der Waals surface area contributed by atoms with E-state index >= 15 is 0 Å². The number of amides is 3. The Morgan fingerprint density at radius 3 is 2.23 bits per heavy atom. The minimum atomic E-state index is -4.44. The van der Waals surface area contributed by atoms with E-state index in [-0.39, 0.29) is 35.1 Å². The fraction of sp³-hybridized carbons (Fsp3) is 0.654. The molecule has 194 valence electrons. The van der Waals surface area contributed by atoms with Gasteiger partial charge in [-0.3, -0.25) is 14.4 Å². The van der Waals surface area contributed by atoms with E-state index in [1.54, 1.807) is 9.80 Å². The highest BCUT2D eigenvalue weighted by Crippen LogP contribution is 2.30. The first-order valence-corrected chi connectivity index (χ1v) is 12.7. The zero-order valence-electron chi connectivity index (χ0n) is 20.4. The molecular formula is C26H36F3N3O3. The Balaban J connectivity index is 1.46. The maximum absolute atomic E-state index is 13.1. The second-order valence-corrected chi connectivity index (χ2v) is 9.62. The second-order valence-electron chi connectivity index (χ2n) is 9.62. The fourth-order valence-corrected chi connectivity index (χ4v) is 4.87. The SMILES string of the molecule is CCCCCCNC(=O)C1CCCN(C(=O)C2CCN(C(=O)c3ccc(C(F)(F)F)cc3)CC2)C1. The summed E-state index contributed by atoms with van der Waals surface area (Å²) in [5.74, 6) is -0.649. The molecule has 0 bridgehead atoms. The van der Waals surface area contributed by atoms with Crippen LogP contribution < -0.4 is 5.32 Å². The molecule has 2 aliphatic rings. The number of nitrogens with zero attached hydrogens (tertiary/aromatic N) is 2. The first-order valence-electron chi connectivity index (χ1n) is 12.7. The van der Waals surface area contributed by atoms with E-state index in [4.69, 9.17) is 0 Å². The van der Waals surface area contributed by atoms with Crippen LogP contribution >= 0.6 is 0 Å². The van der Waals surface area contributed by atoms with Crippen LogP contribution in [0.3, 0.4) is 0 Å². The average molecular weight is 496 g/mol. The van der Waals surface area contributed by atoms with E-state index < -0.39 is 11.7 Å². The van der Waals surface area contributed by atoms with Gasteiger partial charge in [-0.2, -0.15) is 13.2 Å². The fourth-order valence-electron chi connectivity index (χ4n) is 4.87. The van der Waals surface area contributed by atoms with Gasteiger partial charge in [-0.15, -0.1) is 0 Å². The number of piperidine rings is 2. The van der Waals surface area contributed by atoms with Crippen LogP contribution in [0.1, 0.15) is 74.2 Å². The van der Waals surface area contributed by atoms with E-state index in [2.05, 4.69) is 12.2 Å². The maximum Gasteiger partial charge on any atom is 0.416 e. The van der Waals surface area contributed by atoms with Gasteiger partial charge >= 0.3 is 6.18 Å². The number of halogens is 3. The molecule has 1 unspecified atom stereocenters. The Labute approximate surface area is 205 Å². The van der Waals surface area contributed by atoms with Crippen LogP contribution in [0, 0.1) is 11.8 Å². The topological polar surface area (TPSA) is 69.7 Å². The first kappa shape index (κ1) is 27.0. The molecule has 6 nitrogen and oxygen atoms in total. The van der Waals surface area contributed by atoms with Crippen LogP contribution in [0.2, 0.25) is 0 Å². The summed E-state index contributed by atoms with van der Waals surface area (Å²) in [4.78, 5) is 41.8. The van der Waals surface area contributed by atoms with Crippen molar-refractivity contribution in [3.8, 4) is 0 Å². The molecule has 1 aromatic rings. The lowest BCUT2D eigenvalue weighted by molar-refractivity contribution is -0.140. The van der Waals surface area contributed by atoms with E-state index in [9.17, 15) is 27.6 Å². The molecule has 2 fully saturated rings. The standard InChI is InChI=1S/C26H36F3N3O3/c1-2-3-4-5-14-30-23(33)21-7-6-15-32(18-21)25(35)20-12-16-31(17-13-20)24(34)19-8-10-22(11-9-19)26(27,28)29/h8-11,20-21H,2-7,12-18H2,1H3,(H,30,33). The number of carbonyl (C=O) groups is 3. The molecule has 3 amide bonds. The number of nitrogens with one attached hydrogen (secondary N) is 1. The van der Waals surface area contributed by atoms with Gasteiger partial charge in [0.15, 0.2) is 0 Å². The molecule has 35 heavy (non-hydrogen) atoms. The Morgan fingerprint density at radius 1 is 0.914 bits per heavy atom. The molecule has 3 rings (SSSR count). The number of rotatable bonds is 8. The molecule has 1 N–H and O–H groups in total. The maximum atomic E-state index is 13.1. The minimum Gasteiger partial charge on any atom is -0.356 e. The highest BCUT2D eigenvalue weighted by Gasteiger charge is 2.35. The normalized spacial score (nSPS) is 19.5. The first-order chi connectivity index (χ1) is 16.7. The largest absolute Gasteiger partial charge is 0.416 e. The van der Waals surface area contributed by atoms with Crippen LogP contribution in [0.4, 0.5) is 13.2 Å². The summed E-state index contributed by atoms with van der Waals surface area (Å²) in [6, 6.07) is 4.23. The molecule has 0 aromatic heterocycles. The van der Waals surface area contributed by atoms with Crippen LogP contribution in [0.25, 0.3) is 0 Å². The lowest BCUT2D eigenvalue weighted by Gasteiger charge is -2.37. The van der Waals surface area contributed by atoms with Gasteiger partial charge in [0.25, 0.3) is 5.91 Å². The molecular weight excluding hydrogens is 459 g/mol. The van der Waals surface area contributed by atoms with Crippen molar-refractivity contribution in [3.05, 3.63) is 35.4 Å². The Morgan fingerprint density at radius 2 is 1.60 bits per heavy atom. The predicted molar refractivity (Wildman–Crippen MR) is 127 cm³/mol. The number of hydrogen-bond donors (Lipinski definition) is 1. The van der Waals surface area contributed by atoms with Gasteiger partial charge in [-0.1, -0.05) is 26.2 Å². The van der Waals surface area contributed by atoms with Gasteiger partial charge in [0.1, 0.15) is 0 Å². The average Bonchev–Trinajstić information content (AvgIpc) is 2.87. The number of hydrogen-bond acceptors (Lipinski definition) is 3. The molecule has 0 radical (unpaired) electrons. The summed E-state index contributed by atoms with van der Waals surface area (Å²) in [6.07, 6.45) is 2.54. The van der Waals surface area contributed by atoms with Gasteiger partial charge in [-0.05, 0) is 56.4 Å². The van der Waals surface area contributed by atoms with E-state index in [1.807, 2.05) is 0 Å². The molecule has 0 spiro atoms. The molecule has 2 saturated heterocycles. The van der Waals surface area contributed by atoms with Crippen molar-refractivity contribution in [2.24, 2.45) is 11.8 Å². The van der Waals surface area contributed by atoms with Gasteiger partial charge in [0.2, 0.25) is 11.8 Å². The van der Waals surface area contributed by atoms with Crippen LogP contribution in [0.5, 0.6) is 0 Å². The van der Waals surface area contributed by atoms with Crippen molar-refractivity contribution in [2.75, 3.05) is 32.7 Å². The Kier molecular flexibility index (Phi) is 9.57. The van der Waals surface area contributed by atoms with Crippen LogP contribution in [-0.2, 0) is 15.8 Å². The summed E-state index contributed by atoms with van der Waals surface area (Å²) in [5, 5.41) is 3.01. The van der Waals surface area contributed by atoms with Crippen molar-refractivity contribution >= 4 is 17.7 Å². The predicted octanol–water partition coefficient (Wildman–Crippen LogP) is 4.49. The zero-order chi connectivity index (χ0) is 25.4. The van der Waals surface area contributed by atoms with Gasteiger partial charge in [0.05, 0.1) is 11.5 Å². The molecule has 2 aliphatic heterocycles.